The molecule has 4 nitrogen and oxygen atoms in total. The standard InChI is InChI=1S/C66H72O4/c1-63(2,3)55-31-47-27-51-35-57(65(7,8)9)37-53(61(51)69-39-41-21-23-43-17-13-15-19-45(43)25-41)29-49-33-56(64(4,5)6)34-50(60(49)68)30-54-38-58(66(10,11)12)36-52(28-48(32-55)59(47)67)62(54)70-40-42-22-24-44-18-14-16-20-46(44)26-42/h13-26,31-38,67-68H,27-30,39-40H2,1-12H3. The highest BCUT2D eigenvalue weighted by molar-refractivity contribution is 5.83. The van der Waals surface area contributed by atoms with E-state index in [1.54, 1.807) is 0 Å². The fraction of sp³-hybridized carbons (Fsp3) is 0.333. The molecule has 8 aromatic carbocycles. The highest BCUT2D eigenvalue weighted by Gasteiger charge is 2.29. The lowest BCUT2D eigenvalue weighted by Gasteiger charge is -2.28. The van der Waals surface area contributed by atoms with Crippen LogP contribution in [0.2, 0.25) is 0 Å². The van der Waals surface area contributed by atoms with Crippen molar-refractivity contribution in [2.75, 3.05) is 0 Å². The number of benzene rings is 8. The van der Waals surface area contributed by atoms with Gasteiger partial charge in [0.15, 0.2) is 0 Å². The molecule has 1 aliphatic carbocycles. The minimum absolute atomic E-state index is 0.196. The van der Waals surface area contributed by atoms with E-state index in [-0.39, 0.29) is 21.7 Å². The summed E-state index contributed by atoms with van der Waals surface area (Å²) in [5, 5.41) is 30.3. The average molecular weight is 929 g/mol. The Kier molecular flexibility index (Phi) is 12.7. The number of phenolic OH excluding ortho intramolecular Hbond substituents is 2. The van der Waals surface area contributed by atoms with Gasteiger partial charge in [0.2, 0.25) is 0 Å². The molecule has 0 unspecified atom stereocenters. The zero-order valence-corrected chi connectivity index (χ0v) is 43.7. The molecule has 0 fully saturated rings. The van der Waals surface area contributed by atoms with Crippen molar-refractivity contribution in [2.45, 2.75) is 144 Å². The number of rotatable bonds is 6. The van der Waals surface area contributed by atoms with Crippen LogP contribution in [0.3, 0.4) is 0 Å². The molecule has 0 saturated heterocycles. The maximum atomic E-state index is 12.8. The molecule has 0 aromatic heterocycles. The number of phenols is 2. The quantitative estimate of drug-likeness (QED) is 0.174. The maximum absolute atomic E-state index is 12.8. The first-order valence-corrected chi connectivity index (χ1v) is 25.2. The molecule has 0 spiro atoms. The van der Waals surface area contributed by atoms with Crippen molar-refractivity contribution in [2.24, 2.45) is 0 Å². The molecule has 9 rings (SSSR count). The van der Waals surface area contributed by atoms with Crippen molar-refractivity contribution >= 4 is 21.5 Å². The molecule has 0 radical (unpaired) electrons. The predicted octanol–water partition coefficient (Wildman–Crippen LogP) is 16.4. The summed E-state index contributed by atoms with van der Waals surface area (Å²) in [4.78, 5) is 0. The summed E-state index contributed by atoms with van der Waals surface area (Å²) in [5.74, 6) is 2.18. The van der Waals surface area contributed by atoms with E-state index in [9.17, 15) is 10.2 Å². The molecule has 2 N–H and O–H groups in total. The van der Waals surface area contributed by atoms with E-state index in [0.29, 0.717) is 50.4 Å². The third kappa shape index (κ3) is 10.3. The number of hydrogen-bond donors (Lipinski definition) is 2. The molecule has 1 aliphatic rings. The first-order valence-electron chi connectivity index (χ1n) is 25.2. The van der Waals surface area contributed by atoms with Crippen LogP contribution < -0.4 is 9.47 Å². The lowest BCUT2D eigenvalue weighted by Crippen LogP contribution is -2.16. The first kappa shape index (κ1) is 48.5. The van der Waals surface area contributed by atoms with Crippen molar-refractivity contribution < 1.29 is 19.7 Å². The van der Waals surface area contributed by atoms with Gasteiger partial charge < -0.3 is 19.7 Å². The third-order valence-corrected chi connectivity index (χ3v) is 14.4. The summed E-state index contributed by atoms with van der Waals surface area (Å²) >= 11 is 0. The second-order valence-corrected chi connectivity index (χ2v) is 24.2. The summed E-state index contributed by atoms with van der Waals surface area (Å²) in [6, 6.07) is 47.9. The highest BCUT2D eigenvalue weighted by Crippen LogP contribution is 2.44. The molecular weight excluding hydrogens is 857 g/mol. The van der Waals surface area contributed by atoms with E-state index in [1.807, 2.05) is 0 Å². The molecule has 0 saturated carbocycles. The second kappa shape index (κ2) is 18.3. The fourth-order valence-corrected chi connectivity index (χ4v) is 9.98. The number of ether oxygens (including phenoxy) is 2. The Morgan fingerprint density at radius 1 is 0.329 bits per heavy atom. The minimum atomic E-state index is -0.204. The van der Waals surface area contributed by atoms with Gasteiger partial charge in [0, 0.05) is 25.7 Å². The summed E-state index contributed by atoms with van der Waals surface area (Å²) in [7, 11) is 0. The van der Waals surface area contributed by atoms with E-state index in [4.69, 9.17) is 9.47 Å². The topological polar surface area (TPSA) is 58.9 Å². The minimum Gasteiger partial charge on any atom is -0.507 e. The summed E-state index contributed by atoms with van der Waals surface area (Å²) in [6.07, 6.45) is 1.80. The number of aromatic hydroxyl groups is 2. The Morgan fingerprint density at radius 3 is 0.857 bits per heavy atom. The molecule has 4 heteroatoms. The van der Waals surface area contributed by atoms with Crippen molar-refractivity contribution in [3.05, 3.63) is 211 Å². The molecule has 70 heavy (non-hydrogen) atoms. The monoisotopic (exact) mass is 929 g/mol. The predicted molar refractivity (Wildman–Crippen MR) is 292 cm³/mol. The number of hydrogen-bond acceptors (Lipinski definition) is 4. The first-order chi connectivity index (χ1) is 33.0. The SMILES string of the molecule is CC(C)(C)c1cc2c(O)c(c1)Cc1cc(C(C)(C)C)cc(c1OCc1ccc3ccccc3c1)Cc1cc(C(C)(C)C)cc(c1O)Cc1cc(C(C)(C)C)cc(c1OCc1ccc3ccccc3c1)C2. The van der Waals surface area contributed by atoms with Crippen LogP contribution in [-0.4, -0.2) is 10.2 Å². The molecular formula is C66H72O4. The normalized spacial score (nSPS) is 13.4. The van der Waals surface area contributed by atoms with Gasteiger partial charge in [0.05, 0.1) is 0 Å². The van der Waals surface area contributed by atoms with Crippen LogP contribution in [0.15, 0.2) is 133 Å². The second-order valence-electron chi connectivity index (χ2n) is 24.2. The number of fused-ring (bicyclic) bond motifs is 10. The zero-order chi connectivity index (χ0) is 49.9. The van der Waals surface area contributed by atoms with Gasteiger partial charge in [0.25, 0.3) is 0 Å². The average Bonchev–Trinajstić information content (AvgIpc) is 3.29. The third-order valence-electron chi connectivity index (χ3n) is 14.4. The van der Waals surface area contributed by atoms with Crippen LogP contribution in [0.5, 0.6) is 23.0 Å². The summed E-state index contributed by atoms with van der Waals surface area (Å²) in [5.41, 5.74) is 13.5. The van der Waals surface area contributed by atoms with Gasteiger partial charge in [-0.25, -0.2) is 0 Å². The Hall–Kier alpha value is -6.52. The lowest BCUT2D eigenvalue weighted by molar-refractivity contribution is 0.300. The van der Waals surface area contributed by atoms with Crippen molar-refractivity contribution in [1.29, 1.82) is 0 Å². The summed E-state index contributed by atoms with van der Waals surface area (Å²) in [6.45, 7) is 27.7. The van der Waals surface area contributed by atoms with Crippen LogP contribution in [-0.2, 0) is 60.6 Å². The molecule has 0 amide bonds. The Balaban J connectivity index is 1.29. The van der Waals surface area contributed by atoms with Gasteiger partial charge in [-0.3, -0.25) is 0 Å². The molecule has 8 bridgehead atoms. The largest absolute Gasteiger partial charge is 0.507 e. The van der Waals surface area contributed by atoms with Gasteiger partial charge in [-0.1, -0.05) is 204 Å². The lowest BCUT2D eigenvalue weighted by atomic mass is 9.79. The van der Waals surface area contributed by atoms with E-state index in [1.165, 1.54) is 32.7 Å². The van der Waals surface area contributed by atoms with Gasteiger partial charge in [-0.15, -0.1) is 0 Å². The molecule has 360 valence electrons. The molecule has 0 aliphatic heterocycles. The van der Waals surface area contributed by atoms with Gasteiger partial charge in [-0.2, -0.15) is 0 Å². The molecule has 8 aromatic rings. The summed E-state index contributed by atoms with van der Waals surface area (Å²) < 4.78 is 14.3. The van der Waals surface area contributed by atoms with Crippen LogP contribution in [0.1, 0.15) is 161 Å². The van der Waals surface area contributed by atoms with Crippen LogP contribution in [0.4, 0.5) is 0 Å². The molecule has 0 heterocycles. The smallest absolute Gasteiger partial charge is 0.126 e. The van der Waals surface area contributed by atoms with Crippen LogP contribution in [0.25, 0.3) is 21.5 Å². The Labute approximate surface area is 417 Å². The van der Waals surface area contributed by atoms with Crippen molar-refractivity contribution in [3.8, 4) is 23.0 Å². The van der Waals surface area contributed by atoms with E-state index < -0.39 is 0 Å². The fourth-order valence-electron chi connectivity index (χ4n) is 9.98. The van der Waals surface area contributed by atoms with Gasteiger partial charge in [-0.05, 0) is 133 Å². The van der Waals surface area contributed by atoms with Crippen molar-refractivity contribution in [1.82, 2.24) is 0 Å². The van der Waals surface area contributed by atoms with E-state index in [2.05, 4.69) is 217 Å². The van der Waals surface area contributed by atoms with Crippen LogP contribution in [0, 0.1) is 0 Å². The van der Waals surface area contributed by atoms with E-state index >= 15 is 0 Å². The maximum Gasteiger partial charge on any atom is 0.126 e. The van der Waals surface area contributed by atoms with Crippen molar-refractivity contribution in [3.63, 3.8) is 0 Å². The van der Waals surface area contributed by atoms with E-state index in [0.717, 1.165) is 78.3 Å². The zero-order valence-electron chi connectivity index (χ0n) is 43.7. The highest BCUT2D eigenvalue weighted by atomic mass is 16.5. The Bertz CT molecular complexity index is 2950. The van der Waals surface area contributed by atoms with Crippen LogP contribution >= 0.6 is 0 Å². The van der Waals surface area contributed by atoms with Gasteiger partial charge >= 0.3 is 0 Å². The van der Waals surface area contributed by atoms with Gasteiger partial charge in [0.1, 0.15) is 36.2 Å². The molecule has 0 atom stereocenters. The Morgan fingerprint density at radius 2 is 0.586 bits per heavy atom.